The third-order valence-electron chi connectivity index (χ3n) is 3.06. The zero-order valence-corrected chi connectivity index (χ0v) is 11.9. The Bertz CT molecular complexity index is 537. The number of halogens is 2. The van der Waals surface area contributed by atoms with E-state index >= 15 is 0 Å². The van der Waals surface area contributed by atoms with Crippen LogP contribution in [0.1, 0.15) is 36.1 Å². The van der Waals surface area contributed by atoms with Crippen molar-refractivity contribution < 1.29 is 8.78 Å². The standard InChI is InChI=1S/C15H17F2NS/c1-3-5-18-15(11-4-6-19-9-11)12-7-10(2)13(16)8-14(12)17/h4,6-9,15,18H,3,5H2,1-2H3. The Hall–Kier alpha value is -1.26. The van der Waals surface area contributed by atoms with E-state index < -0.39 is 11.6 Å². The third kappa shape index (κ3) is 3.19. The van der Waals surface area contributed by atoms with Crippen molar-refractivity contribution in [2.75, 3.05) is 6.54 Å². The lowest BCUT2D eigenvalue weighted by Gasteiger charge is -2.19. The van der Waals surface area contributed by atoms with Crippen molar-refractivity contribution in [3.8, 4) is 0 Å². The fourth-order valence-electron chi connectivity index (χ4n) is 2.04. The summed E-state index contributed by atoms with van der Waals surface area (Å²) >= 11 is 1.57. The SMILES string of the molecule is CCCNC(c1ccsc1)c1cc(C)c(F)cc1F. The van der Waals surface area contributed by atoms with Gasteiger partial charge in [0.1, 0.15) is 11.6 Å². The van der Waals surface area contributed by atoms with Gasteiger partial charge in [0.05, 0.1) is 6.04 Å². The van der Waals surface area contributed by atoms with E-state index in [1.54, 1.807) is 24.3 Å². The molecule has 0 radical (unpaired) electrons. The van der Waals surface area contributed by atoms with Gasteiger partial charge in [-0.15, -0.1) is 0 Å². The molecule has 0 fully saturated rings. The Labute approximate surface area is 116 Å². The zero-order valence-electron chi connectivity index (χ0n) is 11.0. The number of aryl methyl sites for hydroxylation is 1. The molecule has 1 heterocycles. The van der Waals surface area contributed by atoms with Crippen LogP contribution in [-0.4, -0.2) is 6.54 Å². The molecular formula is C15H17F2NS. The molecule has 0 saturated carbocycles. The van der Waals surface area contributed by atoms with Crippen molar-refractivity contribution >= 4 is 11.3 Å². The van der Waals surface area contributed by atoms with Gasteiger partial charge in [0.25, 0.3) is 0 Å². The molecule has 2 rings (SSSR count). The van der Waals surface area contributed by atoms with Crippen molar-refractivity contribution in [3.05, 3.63) is 57.3 Å². The lowest BCUT2D eigenvalue weighted by molar-refractivity contribution is 0.530. The minimum Gasteiger partial charge on any atom is -0.306 e. The highest BCUT2D eigenvalue weighted by Crippen LogP contribution is 2.28. The van der Waals surface area contributed by atoms with E-state index in [0.717, 1.165) is 24.6 Å². The molecule has 1 nitrogen and oxygen atoms in total. The minimum absolute atomic E-state index is 0.217. The molecule has 1 aromatic heterocycles. The average Bonchev–Trinajstić information content (AvgIpc) is 2.89. The molecule has 1 aromatic carbocycles. The highest BCUT2D eigenvalue weighted by molar-refractivity contribution is 7.08. The van der Waals surface area contributed by atoms with E-state index in [2.05, 4.69) is 12.2 Å². The maximum atomic E-state index is 14.0. The molecule has 0 bridgehead atoms. The van der Waals surface area contributed by atoms with Crippen LogP contribution < -0.4 is 5.32 Å². The fraction of sp³-hybridized carbons (Fsp3) is 0.333. The van der Waals surface area contributed by atoms with Gasteiger partial charge in [0, 0.05) is 11.6 Å². The van der Waals surface area contributed by atoms with Crippen LogP contribution in [0.15, 0.2) is 29.0 Å². The van der Waals surface area contributed by atoms with E-state index in [4.69, 9.17) is 0 Å². The predicted molar refractivity (Wildman–Crippen MR) is 75.6 cm³/mol. The van der Waals surface area contributed by atoms with Crippen LogP contribution in [0.5, 0.6) is 0 Å². The molecule has 2 aromatic rings. The highest BCUT2D eigenvalue weighted by atomic mass is 32.1. The summed E-state index contributed by atoms with van der Waals surface area (Å²) in [5, 5.41) is 7.27. The second-order valence-electron chi connectivity index (χ2n) is 4.57. The van der Waals surface area contributed by atoms with E-state index in [1.165, 1.54) is 0 Å². The lowest BCUT2D eigenvalue weighted by Crippen LogP contribution is -2.24. The van der Waals surface area contributed by atoms with Crippen molar-refractivity contribution in [3.63, 3.8) is 0 Å². The van der Waals surface area contributed by atoms with Crippen molar-refractivity contribution in [1.29, 1.82) is 0 Å². The molecule has 4 heteroatoms. The number of thiophene rings is 1. The molecule has 1 unspecified atom stereocenters. The smallest absolute Gasteiger partial charge is 0.131 e. The van der Waals surface area contributed by atoms with E-state index in [1.807, 2.05) is 16.8 Å². The van der Waals surface area contributed by atoms with Gasteiger partial charge in [-0.25, -0.2) is 8.78 Å². The summed E-state index contributed by atoms with van der Waals surface area (Å²) in [7, 11) is 0. The first-order valence-electron chi connectivity index (χ1n) is 6.34. The first kappa shape index (κ1) is 14.2. The second-order valence-corrected chi connectivity index (χ2v) is 5.35. The van der Waals surface area contributed by atoms with Crippen molar-refractivity contribution in [1.82, 2.24) is 5.32 Å². The van der Waals surface area contributed by atoms with E-state index in [0.29, 0.717) is 11.1 Å². The van der Waals surface area contributed by atoms with E-state index in [-0.39, 0.29) is 6.04 Å². The van der Waals surface area contributed by atoms with Gasteiger partial charge in [0.2, 0.25) is 0 Å². The van der Waals surface area contributed by atoms with Gasteiger partial charge in [-0.1, -0.05) is 6.92 Å². The van der Waals surface area contributed by atoms with E-state index in [9.17, 15) is 8.78 Å². The van der Waals surface area contributed by atoms with Crippen LogP contribution in [0.3, 0.4) is 0 Å². The Morgan fingerprint density at radius 3 is 2.68 bits per heavy atom. The summed E-state index contributed by atoms with van der Waals surface area (Å²) in [6.45, 7) is 4.50. The van der Waals surface area contributed by atoms with Crippen LogP contribution in [0, 0.1) is 18.6 Å². The van der Waals surface area contributed by atoms with Crippen molar-refractivity contribution in [2.24, 2.45) is 0 Å². The Morgan fingerprint density at radius 1 is 1.26 bits per heavy atom. The fourth-order valence-corrected chi connectivity index (χ4v) is 2.72. The summed E-state index contributed by atoms with van der Waals surface area (Å²) in [4.78, 5) is 0. The molecule has 0 spiro atoms. The van der Waals surface area contributed by atoms with Crippen LogP contribution >= 0.6 is 11.3 Å². The molecule has 19 heavy (non-hydrogen) atoms. The first-order chi connectivity index (χ1) is 9.13. The lowest BCUT2D eigenvalue weighted by atomic mass is 9.98. The van der Waals surface area contributed by atoms with Gasteiger partial charge < -0.3 is 5.32 Å². The highest BCUT2D eigenvalue weighted by Gasteiger charge is 2.19. The van der Waals surface area contributed by atoms with Crippen LogP contribution in [0.2, 0.25) is 0 Å². The molecule has 0 aliphatic carbocycles. The maximum Gasteiger partial charge on any atom is 0.131 e. The predicted octanol–water partition coefficient (Wildman–Crippen LogP) is 4.42. The molecule has 0 saturated heterocycles. The summed E-state index contributed by atoms with van der Waals surface area (Å²) < 4.78 is 27.4. The number of nitrogens with one attached hydrogen (secondary N) is 1. The quantitative estimate of drug-likeness (QED) is 0.855. The number of hydrogen-bond donors (Lipinski definition) is 1. The van der Waals surface area contributed by atoms with Gasteiger partial charge in [-0.05, 0) is 53.9 Å². The molecular weight excluding hydrogens is 264 g/mol. The molecule has 0 amide bonds. The second kappa shape index (κ2) is 6.26. The van der Waals surface area contributed by atoms with Gasteiger partial charge in [-0.2, -0.15) is 11.3 Å². The Morgan fingerprint density at radius 2 is 2.05 bits per heavy atom. The minimum atomic E-state index is -0.499. The monoisotopic (exact) mass is 281 g/mol. The summed E-state index contributed by atoms with van der Waals surface area (Å²) in [5.74, 6) is -0.997. The summed E-state index contributed by atoms with van der Waals surface area (Å²) in [6, 6.07) is 4.31. The normalized spacial score (nSPS) is 12.6. The van der Waals surface area contributed by atoms with Gasteiger partial charge in [0.15, 0.2) is 0 Å². The Balaban J connectivity index is 2.40. The topological polar surface area (TPSA) is 12.0 Å². The largest absolute Gasteiger partial charge is 0.306 e. The van der Waals surface area contributed by atoms with Gasteiger partial charge >= 0.3 is 0 Å². The van der Waals surface area contributed by atoms with Crippen molar-refractivity contribution in [2.45, 2.75) is 26.3 Å². The van der Waals surface area contributed by atoms with Gasteiger partial charge in [-0.3, -0.25) is 0 Å². The molecule has 1 N–H and O–H groups in total. The van der Waals surface area contributed by atoms with Crippen LogP contribution in [0.25, 0.3) is 0 Å². The summed E-state index contributed by atoms with van der Waals surface area (Å²) in [5.41, 5.74) is 1.99. The van der Waals surface area contributed by atoms with Crippen LogP contribution in [-0.2, 0) is 0 Å². The average molecular weight is 281 g/mol. The number of rotatable bonds is 5. The Kier molecular flexibility index (Phi) is 4.66. The molecule has 0 aliphatic heterocycles. The molecule has 1 atom stereocenters. The maximum absolute atomic E-state index is 14.0. The zero-order chi connectivity index (χ0) is 13.8. The number of hydrogen-bond acceptors (Lipinski definition) is 2. The number of benzene rings is 1. The molecule has 0 aliphatic rings. The third-order valence-corrected chi connectivity index (χ3v) is 3.77. The summed E-state index contributed by atoms with van der Waals surface area (Å²) in [6.07, 6.45) is 0.961. The molecule has 102 valence electrons. The van der Waals surface area contributed by atoms with Crippen LogP contribution in [0.4, 0.5) is 8.78 Å². The first-order valence-corrected chi connectivity index (χ1v) is 7.28.